The highest BCUT2D eigenvalue weighted by Crippen LogP contribution is 2.53. The molecule has 0 spiro atoms. The molecule has 3 heterocycles. The molecule has 3 rings (SSSR count). The topological polar surface area (TPSA) is 114 Å². The van der Waals surface area contributed by atoms with Crippen LogP contribution >= 0.6 is 0 Å². The summed E-state index contributed by atoms with van der Waals surface area (Å²) in [4.78, 5) is 22.9. The Labute approximate surface area is 145 Å². The fourth-order valence-electron chi connectivity index (χ4n) is 3.32. The van der Waals surface area contributed by atoms with Crippen LogP contribution in [-0.4, -0.2) is 69.3 Å². The summed E-state index contributed by atoms with van der Waals surface area (Å²) in [5.41, 5.74) is -0.778. The lowest BCUT2D eigenvalue weighted by atomic mass is 9.83. The van der Waals surface area contributed by atoms with Crippen molar-refractivity contribution in [3.8, 4) is 0 Å². The number of rotatable bonds is 7. The Morgan fingerprint density at radius 1 is 1.28 bits per heavy atom. The smallest absolute Gasteiger partial charge is 0.333 e. The lowest BCUT2D eigenvalue weighted by Gasteiger charge is -2.33. The van der Waals surface area contributed by atoms with Crippen molar-refractivity contribution < 1.29 is 41.1 Å². The van der Waals surface area contributed by atoms with Crippen LogP contribution in [-0.2, 0) is 42.8 Å². The predicted octanol–water partition coefficient (Wildman–Crippen LogP) is -0.307. The van der Waals surface area contributed by atoms with Gasteiger partial charge in [0.2, 0.25) is 0 Å². The number of hydrogen-bond donors (Lipinski definition) is 0. The molecule has 3 saturated heterocycles. The zero-order valence-electron chi connectivity index (χ0n) is 13.9. The molecule has 3 aliphatic heterocycles. The van der Waals surface area contributed by atoms with Gasteiger partial charge in [-0.25, -0.2) is 9.59 Å². The molecule has 140 valence electrons. The van der Waals surface area contributed by atoms with E-state index in [2.05, 4.69) is 6.58 Å². The summed E-state index contributed by atoms with van der Waals surface area (Å²) in [6.07, 6.45) is -1.48. The molecule has 3 aliphatic rings. The fraction of sp³-hybridized carbons (Fsp3) is 0.733. The van der Waals surface area contributed by atoms with Crippen LogP contribution in [0.2, 0.25) is 0 Å². The third-order valence-electron chi connectivity index (χ3n) is 4.67. The maximum Gasteiger partial charge on any atom is 0.333 e. The van der Waals surface area contributed by atoms with Crippen LogP contribution in [0.4, 0.5) is 0 Å². The highest BCUT2D eigenvalue weighted by atomic mass is 32.2. The van der Waals surface area contributed by atoms with Crippen molar-refractivity contribution in [3.63, 3.8) is 0 Å². The average Bonchev–Trinajstić information content (AvgIpc) is 3.14. The van der Waals surface area contributed by atoms with Crippen molar-refractivity contribution in [2.45, 2.75) is 49.4 Å². The number of carbonyl (C=O) groups excluding carboxylic acids is 2. The third kappa shape index (κ3) is 3.19. The molecule has 3 fully saturated rings. The highest BCUT2D eigenvalue weighted by molar-refractivity contribution is 7.87. The molecule has 0 saturated carbocycles. The SMILES string of the molecule is C=C(C)C(=O)OCCOC(=O)COC1(C)C2CC3C(O2)C1OS3(=O)=O. The van der Waals surface area contributed by atoms with E-state index in [4.69, 9.17) is 23.1 Å². The number of fused-ring (bicyclic) bond motifs is 1. The summed E-state index contributed by atoms with van der Waals surface area (Å²) in [5, 5.41) is -0.658. The van der Waals surface area contributed by atoms with Gasteiger partial charge < -0.3 is 18.9 Å². The Kier molecular flexibility index (Phi) is 4.65. The van der Waals surface area contributed by atoms with Crippen molar-refractivity contribution in [2.75, 3.05) is 19.8 Å². The van der Waals surface area contributed by atoms with Crippen molar-refractivity contribution >= 4 is 22.1 Å². The van der Waals surface area contributed by atoms with Gasteiger partial charge in [0, 0.05) is 5.57 Å². The molecule has 0 aliphatic carbocycles. The van der Waals surface area contributed by atoms with E-state index >= 15 is 0 Å². The number of esters is 2. The Bertz CT molecular complexity index is 700. The molecule has 10 heteroatoms. The average molecular weight is 376 g/mol. The van der Waals surface area contributed by atoms with E-state index in [0.29, 0.717) is 0 Å². The first-order valence-electron chi connectivity index (χ1n) is 7.85. The van der Waals surface area contributed by atoms with Crippen molar-refractivity contribution in [3.05, 3.63) is 12.2 Å². The molecule has 5 atom stereocenters. The third-order valence-corrected chi connectivity index (χ3v) is 6.35. The molecule has 0 aromatic heterocycles. The normalized spacial score (nSPS) is 37.0. The lowest BCUT2D eigenvalue weighted by molar-refractivity contribution is -0.166. The minimum atomic E-state index is -3.65. The predicted molar refractivity (Wildman–Crippen MR) is 81.9 cm³/mol. The zero-order valence-corrected chi connectivity index (χ0v) is 14.7. The summed E-state index contributed by atoms with van der Waals surface area (Å²) in [7, 11) is -3.65. The monoisotopic (exact) mass is 376 g/mol. The van der Waals surface area contributed by atoms with Gasteiger partial charge in [-0.2, -0.15) is 8.42 Å². The molecule has 0 N–H and O–H groups in total. The van der Waals surface area contributed by atoms with Crippen LogP contribution in [0.25, 0.3) is 0 Å². The summed E-state index contributed by atoms with van der Waals surface area (Å²) < 4.78 is 49.9. The molecule has 0 amide bonds. The van der Waals surface area contributed by atoms with E-state index in [-0.39, 0.29) is 31.8 Å². The summed E-state index contributed by atoms with van der Waals surface area (Å²) in [5.74, 6) is -1.22. The molecule has 25 heavy (non-hydrogen) atoms. The van der Waals surface area contributed by atoms with Crippen LogP contribution in [0, 0.1) is 0 Å². The number of ether oxygens (including phenoxy) is 4. The van der Waals surface area contributed by atoms with E-state index in [1.165, 1.54) is 6.92 Å². The quantitative estimate of drug-likeness (QED) is 0.255. The first-order chi connectivity index (χ1) is 11.6. The second kappa shape index (κ2) is 6.35. The fourth-order valence-corrected chi connectivity index (χ4v) is 4.99. The van der Waals surface area contributed by atoms with Crippen LogP contribution in [0.15, 0.2) is 12.2 Å². The number of hydrogen-bond acceptors (Lipinski definition) is 9. The van der Waals surface area contributed by atoms with E-state index in [9.17, 15) is 18.0 Å². The Hall–Kier alpha value is -1.49. The Morgan fingerprint density at radius 3 is 2.64 bits per heavy atom. The minimum Gasteiger partial charge on any atom is -0.460 e. The summed E-state index contributed by atoms with van der Waals surface area (Å²) in [6.45, 7) is 6.02. The summed E-state index contributed by atoms with van der Waals surface area (Å²) in [6, 6.07) is 0. The second-order valence-corrected chi connectivity index (χ2v) is 8.27. The molecule has 0 radical (unpaired) electrons. The first kappa shape index (κ1) is 18.3. The zero-order chi connectivity index (χ0) is 18.4. The first-order valence-corrected chi connectivity index (χ1v) is 9.32. The van der Waals surface area contributed by atoms with Gasteiger partial charge in [-0.3, -0.25) is 4.18 Å². The molecular formula is C15H20O9S. The lowest BCUT2D eigenvalue weighted by Crippen LogP contribution is -2.51. The second-order valence-electron chi connectivity index (χ2n) is 6.48. The van der Waals surface area contributed by atoms with Gasteiger partial charge in [0.1, 0.15) is 42.9 Å². The van der Waals surface area contributed by atoms with Gasteiger partial charge in [-0.1, -0.05) is 6.58 Å². The van der Waals surface area contributed by atoms with E-state index < -0.39 is 51.2 Å². The molecule has 5 unspecified atom stereocenters. The van der Waals surface area contributed by atoms with Crippen LogP contribution in [0.5, 0.6) is 0 Å². The largest absolute Gasteiger partial charge is 0.460 e. The van der Waals surface area contributed by atoms with Crippen LogP contribution in [0.3, 0.4) is 0 Å². The van der Waals surface area contributed by atoms with Crippen LogP contribution < -0.4 is 0 Å². The number of carbonyl (C=O) groups is 2. The maximum absolute atomic E-state index is 11.9. The molecule has 2 bridgehead atoms. The van der Waals surface area contributed by atoms with Gasteiger partial charge in [0.05, 0.1) is 6.10 Å². The molecular weight excluding hydrogens is 356 g/mol. The standard InChI is InChI=1S/C15H20O9S/c1-8(2)14(17)21-5-4-20-11(16)7-22-15(3)10-6-9-12(23-10)13(15)24-25(9,18)19/h9-10,12-13H,1,4-7H2,2-3H3. The van der Waals surface area contributed by atoms with Gasteiger partial charge in [-0.15, -0.1) is 0 Å². The molecule has 9 nitrogen and oxygen atoms in total. The van der Waals surface area contributed by atoms with Crippen molar-refractivity contribution in [1.29, 1.82) is 0 Å². The van der Waals surface area contributed by atoms with Gasteiger partial charge in [0.15, 0.2) is 0 Å². The van der Waals surface area contributed by atoms with E-state index in [1.807, 2.05) is 0 Å². The van der Waals surface area contributed by atoms with Crippen LogP contribution in [0.1, 0.15) is 20.3 Å². The van der Waals surface area contributed by atoms with Gasteiger partial charge in [-0.05, 0) is 20.3 Å². The van der Waals surface area contributed by atoms with Crippen molar-refractivity contribution in [1.82, 2.24) is 0 Å². The Balaban J connectivity index is 1.45. The Morgan fingerprint density at radius 2 is 1.96 bits per heavy atom. The van der Waals surface area contributed by atoms with Gasteiger partial charge in [0.25, 0.3) is 10.1 Å². The van der Waals surface area contributed by atoms with E-state index in [0.717, 1.165) is 0 Å². The van der Waals surface area contributed by atoms with Crippen molar-refractivity contribution in [2.24, 2.45) is 0 Å². The maximum atomic E-state index is 11.9. The molecule has 0 aromatic carbocycles. The molecule has 0 aromatic rings. The van der Waals surface area contributed by atoms with Gasteiger partial charge >= 0.3 is 11.9 Å². The summed E-state index contributed by atoms with van der Waals surface area (Å²) >= 11 is 0. The highest BCUT2D eigenvalue weighted by Gasteiger charge is 2.71. The van der Waals surface area contributed by atoms with E-state index in [1.54, 1.807) is 6.92 Å². The minimum absolute atomic E-state index is 0.0891.